The molecule has 2 unspecified atom stereocenters. The maximum atomic E-state index is 6.34. The van der Waals surface area contributed by atoms with Crippen molar-refractivity contribution in [3.8, 4) is 5.75 Å². The first kappa shape index (κ1) is 13.4. The lowest BCUT2D eigenvalue weighted by Crippen LogP contribution is -2.51. The molecule has 1 aromatic carbocycles. The molecule has 0 radical (unpaired) electrons. The van der Waals surface area contributed by atoms with Crippen LogP contribution in [-0.2, 0) is 6.42 Å². The first-order valence-corrected chi connectivity index (χ1v) is 7.04. The molecule has 0 heterocycles. The fraction of sp³-hybridized carbons (Fsp3) is 0.625. The lowest BCUT2D eigenvalue weighted by Gasteiger charge is -2.41. The van der Waals surface area contributed by atoms with E-state index in [2.05, 4.69) is 45.0 Å². The Morgan fingerprint density at radius 1 is 1.28 bits per heavy atom. The molecule has 2 heteroatoms. The molecule has 2 rings (SSSR count). The molecule has 0 aromatic heterocycles. The molecule has 0 bridgehead atoms. The number of hydrogen-bond acceptors (Lipinski definition) is 2. The summed E-state index contributed by atoms with van der Waals surface area (Å²) in [6.45, 7) is 6.65. The largest absolute Gasteiger partial charge is 0.489 e. The number of rotatable bonds is 3. The van der Waals surface area contributed by atoms with Gasteiger partial charge in [-0.3, -0.25) is 0 Å². The van der Waals surface area contributed by atoms with E-state index in [-0.39, 0.29) is 17.6 Å². The Labute approximate surface area is 111 Å². The Morgan fingerprint density at radius 3 is 2.56 bits per heavy atom. The van der Waals surface area contributed by atoms with E-state index in [0.29, 0.717) is 0 Å². The van der Waals surface area contributed by atoms with E-state index in [4.69, 9.17) is 10.5 Å². The molecule has 18 heavy (non-hydrogen) atoms. The molecule has 1 aliphatic rings. The quantitative estimate of drug-likeness (QED) is 0.886. The van der Waals surface area contributed by atoms with Crippen molar-refractivity contribution in [1.29, 1.82) is 0 Å². The van der Waals surface area contributed by atoms with Crippen LogP contribution in [0.4, 0.5) is 0 Å². The molecule has 2 N–H and O–H groups in total. The number of nitrogens with two attached hydrogens (primary N) is 1. The van der Waals surface area contributed by atoms with Crippen LogP contribution in [0.3, 0.4) is 0 Å². The van der Waals surface area contributed by atoms with Crippen molar-refractivity contribution in [1.82, 2.24) is 0 Å². The van der Waals surface area contributed by atoms with Crippen molar-refractivity contribution in [3.05, 3.63) is 29.8 Å². The van der Waals surface area contributed by atoms with Crippen LogP contribution in [0, 0.1) is 5.41 Å². The maximum Gasteiger partial charge on any atom is 0.119 e. The fourth-order valence-corrected chi connectivity index (χ4v) is 2.72. The van der Waals surface area contributed by atoms with Crippen molar-refractivity contribution in [2.45, 2.75) is 58.6 Å². The van der Waals surface area contributed by atoms with Gasteiger partial charge in [0, 0.05) is 6.04 Å². The van der Waals surface area contributed by atoms with Gasteiger partial charge in [0.05, 0.1) is 0 Å². The van der Waals surface area contributed by atoms with Gasteiger partial charge in [0.15, 0.2) is 0 Å². The summed E-state index contributed by atoms with van der Waals surface area (Å²) in [6.07, 6.45) is 4.69. The first-order chi connectivity index (χ1) is 8.53. The van der Waals surface area contributed by atoms with Crippen molar-refractivity contribution < 1.29 is 4.74 Å². The van der Waals surface area contributed by atoms with Gasteiger partial charge in [-0.15, -0.1) is 0 Å². The van der Waals surface area contributed by atoms with Gasteiger partial charge in [0.25, 0.3) is 0 Å². The maximum absolute atomic E-state index is 6.34. The van der Waals surface area contributed by atoms with E-state index in [0.717, 1.165) is 18.6 Å². The van der Waals surface area contributed by atoms with Crippen LogP contribution in [0.25, 0.3) is 0 Å². The Bertz CT molecular complexity index is 383. The van der Waals surface area contributed by atoms with Crippen molar-refractivity contribution >= 4 is 0 Å². The first-order valence-electron chi connectivity index (χ1n) is 7.04. The molecule has 0 aliphatic heterocycles. The average molecular weight is 247 g/mol. The molecule has 1 fully saturated rings. The summed E-state index contributed by atoms with van der Waals surface area (Å²) < 4.78 is 6.08. The molecular weight excluding hydrogens is 222 g/mol. The zero-order valence-electron chi connectivity index (χ0n) is 11.8. The smallest absolute Gasteiger partial charge is 0.119 e. The summed E-state index contributed by atoms with van der Waals surface area (Å²) in [5.41, 5.74) is 7.87. The van der Waals surface area contributed by atoms with Crippen molar-refractivity contribution in [2.75, 3.05) is 0 Å². The Balaban J connectivity index is 2.03. The third-order valence-corrected chi connectivity index (χ3v) is 4.23. The molecule has 1 aromatic rings. The van der Waals surface area contributed by atoms with Gasteiger partial charge < -0.3 is 10.5 Å². The van der Waals surface area contributed by atoms with Gasteiger partial charge in [-0.1, -0.05) is 32.9 Å². The molecule has 2 nitrogen and oxygen atoms in total. The summed E-state index contributed by atoms with van der Waals surface area (Å²) in [6, 6.07) is 8.52. The van der Waals surface area contributed by atoms with Crippen LogP contribution in [0.5, 0.6) is 5.75 Å². The molecule has 0 amide bonds. The molecule has 100 valence electrons. The minimum absolute atomic E-state index is 0.122. The predicted molar refractivity (Wildman–Crippen MR) is 75.8 cm³/mol. The highest BCUT2D eigenvalue weighted by Crippen LogP contribution is 2.36. The summed E-state index contributed by atoms with van der Waals surface area (Å²) in [7, 11) is 0. The fourth-order valence-electron chi connectivity index (χ4n) is 2.72. The van der Waals surface area contributed by atoms with Crippen molar-refractivity contribution in [2.24, 2.45) is 11.1 Å². The van der Waals surface area contributed by atoms with Crippen molar-refractivity contribution in [3.63, 3.8) is 0 Å². The van der Waals surface area contributed by atoms with E-state index in [1.54, 1.807) is 0 Å². The SMILES string of the molecule is CCc1ccc(OC2CCCC(C)(C)C2N)cc1. The lowest BCUT2D eigenvalue weighted by molar-refractivity contribution is 0.0567. The summed E-state index contributed by atoms with van der Waals surface area (Å²) in [4.78, 5) is 0. The monoisotopic (exact) mass is 247 g/mol. The molecule has 2 atom stereocenters. The predicted octanol–water partition coefficient (Wildman–Crippen LogP) is 3.53. The van der Waals surface area contributed by atoms with Crippen LogP contribution in [0.15, 0.2) is 24.3 Å². The van der Waals surface area contributed by atoms with E-state index in [1.165, 1.54) is 18.4 Å². The zero-order valence-corrected chi connectivity index (χ0v) is 11.8. The normalized spacial score (nSPS) is 26.9. The summed E-state index contributed by atoms with van der Waals surface area (Å²) in [5, 5.41) is 0. The topological polar surface area (TPSA) is 35.2 Å². The minimum Gasteiger partial charge on any atom is -0.489 e. The Morgan fingerprint density at radius 2 is 1.94 bits per heavy atom. The van der Waals surface area contributed by atoms with E-state index in [1.807, 2.05) is 0 Å². The minimum atomic E-state index is 0.122. The van der Waals surface area contributed by atoms with Gasteiger partial charge in [-0.2, -0.15) is 0 Å². The van der Waals surface area contributed by atoms with Crippen LogP contribution < -0.4 is 10.5 Å². The second kappa shape index (κ2) is 5.31. The Hall–Kier alpha value is -1.02. The highest BCUT2D eigenvalue weighted by Gasteiger charge is 2.37. The number of benzene rings is 1. The van der Waals surface area contributed by atoms with E-state index >= 15 is 0 Å². The van der Waals surface area contributed by atoms with Crippen LogP contribution in [-0.4, -0.2) is 12.1 Å². The molecule has 0 spiro atoms. The van der Waals surface area contributed by atoms with Gasteiger partial charge >= 0.3 is 0 Å². The second-order valence-electron chi connectivity index (χ2n) is 6.06. The average Bonchev–Trinajstić information content (AvgIpc) is 2.36. The zero-order chi connectivity index (χ0) is 13.2. The standard InChI is InChI=1S/C16H25NO/c1-4-12-7-9-13(10-8-12)18-14-6-5-11-16(2,3)15(14)17/h7-10,14-15H,4-6,11,17H2,1-3H3. The van der Waals surface area contributed by atoms with Crippen LogP contribution in [0.1, 0.15) is 45.6 Å². The highest BCUT2D eigenvalue weighted by molar-refractivity contribution is 5.27. The van der Waals surface area contributed by atoms with Crippen LogP contribution in [0.2, 0.25) is 0 Å². The van der Waals surface area contributed by atoms with E-state index < -0.39 is 0 Å². The van der Waals surface area contributed by atoms with Gasteiger partial charge in [0.1, 0.15) is 11.9 Å². The van der Waals surface area contributed by atoms with Crippen LogP contribution >= 0.6 is 0 Å². The molecule has 1 saturated carbocycles. The molecule has 1 aliphatic carbocycles. The molecule has 0 saturated heterocycles. The van der Waals surface area contributed by atoms with E-state index in [9.17, 15) is 0 Å². The second-order valence-corrected chi connectivity index (χ2v) is 6.06. The number of ether oxygens (including phenoxy) is 1. The van der Waals surface area contributed by atoms with Gasteiger partial charge in [-0.05, 0) is 48.8 Å². The highest BCUT2D eigenvalue weighted by atomic mass is 16.5. The summed E-state index contributed by atoms with van der Waals surface area (Å²) in [5.74, 6) is 0.949. The Kier molecular flexibility index (Phi) is 3.96. The summed E-state index contributed by atoms with van der Waals surface area (Å²) >= 11 is 0. The third-order valence-electron chi connectivity index (χ3n) is 4.23. The third kappa shape index (κ3) is 2.86. The molecular formula is C16H25NO. The number of hydrogen-bond donors (Lipinski definition) is 1. The number of aryl methyl sites for hydroxylation is 1. The van der Waals surface area contributed by atoms with Gasteiger partial charge in [-0.25, -0.2) is 0 Å². The lowest BCUT2D eigenvalue weighted by atomic mass is 9.72. The van der Waals surface area contributed by atoms with Gasteiger partial charge in [0.2, 0.25) is 0 Å².